The van der Waals surface area contributed by atoms with Gasteiger partial charge in [-0.15, -0.1) is 0 Å². The van der Waals surface area contributed by atoms with Crippen LogP contribution in [0, 0.1) is 0 Å². The number of aromatic nitrogens is 1. The lowest BCUT2D eigenvalue weighted by Gasteiger charge is -2.32. The van der Waals surface area contributed by atoms with Crippen LogP contribution in [0.1, 0.15) is 22.8 Å². The van der Waals surface area contributed by atoms with Crippen LogP contribution in [-0.4, -0.2) is 17.3 Å². The number of carbonyl (C=O) groups is 1. The summed E-state index contributed by atoms with van der Waals surface area (Å²) >= 11 is 7.30. The monoisotopic (exact) mass is 414 g/mol. The lowest BCUT2D eigenvalue weighted by atomic mass is 9.90. The smallest absolute Gasteiger partial charge is 0.308 e. The summed E-state index contributed by atoms with van der Waals surface area (Å²) in [6.07, 6.45) is 0.249. The van der Waals surface area contributed by atoms with E-state index in [4.69, 9.17) is 21.1 Å². The van der Waals surface area contributed by atoms with Crippen LogP contribution in [0.15, 0.2) is 47.3 Å². The topological polar surface area (TPSA) is 60.8 Å². The second kappa shape index (κ2) is 6.39. The van der Waals surface area contributed by atoms with E-state index in [2.05, 4.69) is 0 Å². The number of rotatable bonds is 2. The van der Waals surface area contributed by atoms with E-state index in [1.165, 1.54) is 15.9 Å². The van der Waals surface area contributed by atoms with Crippen LogP contribution in [0.4, 0.5) is 11.5 Å². The average molecular weight is 415 g/mol. The Hall–Kier alpha value is -2.77. The highest BCUT2D eigenvalue weighted by Crippen LogP contribution is 2.46. The van der Waals surface area contributed by atoms with Gasteiger partial charge in [-0.3, -0.25) is 19.1 Å². The molecular formula is C20H15ClN2O4S. The molecule has 8 heteroatoms. The Balaban J connectivity index is 1.66. The van der Waals surface area contributed by atoms with Crippen LogP contribution in [-0.2, 0) is 11.8 Å². The van der Waals surface area contributed by atoms with E-state index in [1.807, 2.05) is 24.3 Å². The molecule has 0 saturated heterocycles. The van der Waals surface area contributed by atoms with E-state index in [1.54, 1.807) is 30.1 Å². The van der Waals surface area contributed by atoms with E-state index in [0.717, 1.165) is 10.4 Å². The molecule has 1 amide bonds. The molecule has 2 aliphatic heterocycles. The van der Waals surface area contributed by atoms with Crippen molar-refractivity contribution in [3.63, 3.8) is 0 Å². The molecule has 0 N–H and O–H groups in total. The molecule has 142 valence electrons. The molecule has 1 aromatic heterocycles. The molecule has 1 atom stereocenters. The van der Waals surface area contributed by atoms with Gasteiger partial charge in [-0.25, -0.2) is 0 Å². The normalized spacial score (nSPS) is 17.7. The molecule has 0 unspecified atom stereocenters. The van der Waals surface area contributed by atoms with Gasteiger partial charge in [0.25, 0.3) is 0 Å². The number of amides is 1. The third-order valence-electron chi connectivity index (χ3n) is 5.03. The Morgan fingerprint density at radius 3 is 2.75 bits per heavy atom. The maximum absolute atomic E-state index is 13.2. The van der Waals surface area contributed by atoms with E-state index >= 15 is 0 Å². The SMILES string of the molecule is Cn1c2c(sc1=O)[C@H](c1ccc3c(c1)OCO3)CC(=O)N2c1cccc(Cl)c1. The number of anilines is 2. The second-order valence-corrected chi connectivity index (χ2v) is 8.12. The molecule has 0 saturated carbocycles. The van der Waals surface area contributed by atoms with Gasteiger partial charge in [-0.2, -0.15) is 0 Å². The Bertz CT molecular complexity index is 1170. The van der Waals surface area contributed by atoms with Gasteiger partial charge < -0.3 is 9.47 Å². The van der Waals surface area contributed by atoms with Crippen molar-refractivity contribution in [2.24, 2.45) is 7.05 Å². The highest BCUT2D eigenvalue weighted by Gasteiger charge is 2.37. The van der Waals surface area contributed by atoms with Crippen molar-refractivity contribution in [2.75, 3.05) is 11.7 Å². The number of hydrogen-bond acceptors (Lipinski definition) is 5. The molecule has 0 radical (unpaired) electrons. The summed E-state index contributed by atoms with van der Waals surface area (Å²) < 4.78 is 12.4. The first kappa shape index (κ1) is 17.3. The Kier molecular flexibility index (Phi) is 3.96. The number of ether oxygens (including phenoxy) is 2. The fraction of sp³-hybridized carbons (Fsp3) is 0.200. The summed E-state index contributed by atoms with van der Waals surface area (Å²) in [4.78, 5) is 28.0. The quantitative estimate of drug-likeness (QED) is 0.635. The van der Waals surface area contributed by atoms with Crippen molar-refractivity contribution in [2.45, 2.75) is 12.3 Å². The van der Waals surface area contributed by atoms with E-state index in [-0.39, 0.29) is 29.9 Å². The van der Waals surface area contributed by atoms with Gasteiger partial charge in [0.05, 0.1) is 10.6 Å². The number of fused-ring (bicyclic) bond motifs is 2. The molecule has 0 spiro atoms. The highest BCUT2D eigenvalue weighted by molar-refractivity contribution is 7.10. The molecule has 28 heavy (non-hydrogen) atoms. The predicted octanol–water partition coefficient (Wildman–Crippen LogP) is 4.03. The van der Waals surface area contributed by atoms with Gasteiger partial charge in [0.15, 0.2) is 11.5 Å². The van der Waals surface area contributed by atoms with Crippen LogP contribution in [0.5, 0.6) is 11.5 Å². The molecule has 3 aromatic rings. The predicted molar refractivity (Wildman–Crippen MR) is 107 cm³/mol. The highest BCUT2D eigenvalue weighted by atomic mass is 35.5. The van der Waals surface area contributed by atoms with Crippen molar-refractivity contribution in [3.05, 3.63) is 67.6 Å². The maximum Gasteiger partial charge on any atom is 0.308 e. The fourth-order valence-electron chi connectivity index (χ4n) is 3.70. The van der Waals surface area contributed by atoms with Crippen molar-refractivity contribution < 1.29 is 14.3 Å². The largest absolute Gasteiger partial charge is 0.454 e. The van der Waals surface area contributed by atoms with Crippen molar-refractivity contribution in [1.82, 2.24) is 4.57 Å². The van der Waals surface area contributed by atoms with Gasteiger partial charge in [0, 0.05) is 24.4 Å². The second-order valence-electron chi connectivity index (χ2n) is 6.69. The number of carbonyl (C=O) groups excluding carboxylic acids is 1. The summed E-state index contributed by atoms with van der Waals surface area (Å²) in [5.74, 6) is 1.63. The average Bonchev–Trinajstić information content (AvgIpc) is 3.26. The van der Waals surface area contributed by atoms with Crippen LogP contribution in [0.2, 0.25) is 5.02 Å². The minimum Gasteiger partial charge on any atom is -0.454 e. The zero-order valence-corrected chi connectivity index (χ0v) is 16.4. The molecule has 0 bridgehead atoms. The number of nitrogens with zero attached hydrogens (tertiary/aromatic N) is 2. The van der Waals surface area contributed by atoms with Crippen molar-refractivity contribution >= 4 is 40.4 Å². The molecule has 6 nitrogen and oxygen atoms in total. The minimum absolute atomic E-state index is 0.0918. The summed E-state index contributed by atoms with van der Waals surface area (Å²) in [5.41, 5.74) is 1.57. The standard InChI is InChI=1S/C20H15ClN2O4S/c1-22-19-18(28-20(22)25)14(11-5-6-15-16(7-11)27-10-26-15)9-17(24)23(19)13-4-2-3-12(21)8-13/h2-8,14H,9-10H2,1H3/t14-/m0/s1. The van der Waals surface area contributed by atoms with E-state index < -0.39 is 0 Å². The fourth-order valence-corrected chi connectivity index (χ4v) is 4.98. The first-order chi connectivity index (χ1) is 13.5. The number of hydrogen-bond donors (Lipinski definition) is 0. The van der Waals surface area contributed by atoms with Crippen molar-refractivity contribution in [3.8, 4) is 11.5 Å². The van der Waals surface area contributed by atoms with Gasteiger partial charge in [-0.05, 0) is 35.9 Å². The number of thiazole rings is 1. The minimum atomic E-state index is -0.216. The first-order valence-corrected chi connectivity index (χ1v) is 9.90. The zero-order chi connectivity index (χ0) is 19.4. The van der Waals surface area contributed by atoms with Crippen molar-refractivity contribution in [1.29, 1.82) is 0 Å². The third-order valence-corrected chi connectivity index (χ3v) is 6.40. The molecule has 2 aliphatic rings. The Morgan fingerprint density at radius 2 is 1.93 bits per heavy atom. The molecule has 0 fully saturated rings. The Morgan fingerprint density at radius 1 is 1.11 bits per heavy atom. The summed E-state index contributed by atoms with van der Waals surface area (Å²) in [7, 11) is 1.69. The van der Waals surface area contributed by atoms with Crippen LogP contribution < -0.4 is 19.2 Å². The summed E-state index contributed by atoms with van der Waals surface area (Å²) in [6, 6.07) is 12.7. The van der Waals surface area contributed by atoms with Gasteiger partial charge in [0.1, 0.15) is 5.82 Å². The molecule has 3 heterocycles. The van der Waals surface area contributed by atoms with Crippen LogP contribution in [0.3, 0.4) is 0 Å². The zero-order valence-electron chi connectivity index (χ0n) is 14.8. The number of halogens is 1. The van der Waals surface area contributed by atoms with Crippen LogP contribution >= 0.6 is 22.9 Å². The molecule has 2 aromatic carbocycles. The lowest BCUT2D eigenvalue weighted by Crippen LogP contribution is -2.34. The third kappa shape index (κ3) is 2.62. The van der Waals surface area contributed by atoms with Gasteiger partial charge >= 0.3 is 4.87 Å². The molecule has 0 aliphatic carbocycles. The van der Waals surface area contributed by atoms with Crippen LogP contribution in [0.25, 0.3) is 0 Å². The lowest BCUT2D eigenvalue weighted by molar-refractivity contribution is -0.118. The molecule has 5 rings (SSSR count). The van der Waals surface area contributed by atoms with Gasteiger partial charge in [-0.1, -0.05) is 35.1 Å². The van der Waals surface area contributed by atoms with E-state index in [9.17, 15) is 9.59 Å². The van der Waals surface area contributed by atoms with E-state index in [0.29, 0.717) is 28.0 Å². The summed E-state index contributed by atoms with van der Waals surface area (Å²) in [5, 5.41) is 0.532. The Labute approximate surface area is 169 Å². The maximum atomic E-state index is 13.2. The first-order valence-electron chi connectivity index (χ1n) is 8.70. The van der Waals surface area contributed by atoms with Gasteiger partial charge in [0.2, 0.25) is 12.7 Å². The molecular weight excluding hydrogens is 400 g/mol. The summed E-state index contributed by atoms with van der Waals surface area (Å²) in [6.45, 7) is 0.189. The number of benzene rings is 2.